The van der Waals surface area contributed by atoms with E-state index in [0.717, 1.165) is 30.9 Å². The number of carbonyl (C=O) groups is 1. The molecule has 1 fully saturated rings. The van der Waals surface area contributed by atoms with Crippen molar-refractivity contribution in [3.05, 3.63) is 52.2 Å². The lowest BCUT2D eigenvalue weighted by molar-refractivity contribution is -0.123. The van der Waals surface area contributed by atoms with Gasteiger partial charge in [0, 0.05) is 24.5 Å². The van der Waals surface area contributed by atoms with Crippen molar-refractivity contribution >= 4 is 23.2 Å². The molecule has 1 aliphatic rings. The number of hydrogen-bond acceptors (Lipinski definition) is 4. The summed E-state index contributed by atoms with van der Waals surface area (Å²) in [5.41, 5.74) is 1.06. The largest absolute Gasteiger partial charge is 0.484 e. The molecular formula is C19H24N4O2S. The first-order valence-corrected chi connectivity index (χ1v) is 9.59. The standard InChI is InChI=1S/C19H24N4O2S/c1-20-19(22-12-17-6-3-9-26-17)21-11-14-4-2-5-16(10-14)25-13-18(24)23-15-7-8-15/h2-6,9-10,15H,7-8,11-13H2,1H3,(H,23,24)(H2,20,21,22). The summed E-state index contributed by atoms with van der Waals surface area (Å²) in [5.74, 6) is 1.37. The van der Waals surface area contributed by atoms with Gasteiger partial charge in [-0.3, -0.25) is 9.79 Å². The van der Waals surface area contributed by atoms with Gasteiger partial charge < -0.3 is 20.7 Å². The molecule has 1 saturated carbocycles. The van der Waals surface area contributed by atoms with Crippen molar-refractivity contribution in [2.24, 2.45) is 4.99 Å². The van der Waals surface area contributed by atoms with E-state index >= 15 is 0 Å². The number of carbonyl (C=O) groups excluding carboxylic acids is 1. The number of amides is 1. The van der Waals surface area contributed by atoms with Crippen molar-refractivity contribution in [2.45, 2.75) is 32.0 Å². The van der Waals surface area contributed by atoms with Crippen molar-refractivity contribution in [2.75, 3.05) is 13.7 Å². The number of thiophene rings is 1. The minimum atomic E-state index is -0.0609. The fraction of sp³-hybridized carbons (Fsp3) is 0.368. The topological polar surface area (TPSA) is 74.8 Å². The summed E-state index contributed by atoms with van der Waals surface area (Å²) in [5, 5.41) is 11.5. The third kappa shape index (κ3) is 6.07. The van der Waals surface area contributed by atoms with E-state index in [4.69, 9.17) is 4.74 Å². The molecule has 26 heavy (non-hydrogen) atoms. The molecule has 1 aliphatic carbocycles. The van der Waals surface area contributed by atoms with E-state index in [-0.39, 0.29) is 12.5 Å². The number of aliphatic imine (C=N–C) groups is 1. The summed E-state index contributed by atoms with van der Waals surface area (Å²) in [7, 11) is 1.75. The van der Waals surface area contributed by atoms with Crippen LogP contribution >= 0.6 is 11.3 Å². The van der Waals surface area contributed by atoms with Gasteiger partial charge in [0.15, 0.2) is 12.6 Å². The first-order chi connectivity index (χ1) is 12.7. The SMILES string of the molecule is CN=C(NCc1cccc(OCC(=O)NC2CC2)c1)NCc1cccs1. The van der Waals surface area contributed by atoms with E-state index in [2.05, 4.69) is 32.4 Å². The van der Waals surface area contributed by atoms with Gasteiger partial charge in [-0.15, -0.1) is 11.3 Å². The third-order valence-corrected chi connectivity index (χ3v) is 4.78. The molecule has 6 nitrogen and oxygen atoms in total. The molecule has 0 saturated heterocycles. The Kier molecular flexibility index (Phi) is 6.49. The van der Waals surface area contributed by atoms with Gasteiger partial charge in [-0.05, 0) is 42.0 Å². The zero-order chi connectivity index (χ0) is 18.2. The maximum absolute atomic E-state index is 11.7. The number of guanidine groups is 1. The molecule has 0 aliphatic heterocycles. The highest BCUT2D eigenvalue weighted by atomic mass is 32.1. The normalized spacial score (nSPS) is 14.0. The van der Waals surface area contributed by atoms with E-state index in [1.165, 1.54) is 4.88 Å². The van der Waals surface area contributed by atoms with Gasteiger partial charge in [-0.2, -0.15) is 0 Å². The molecule has 1 aromatic carbocycles. The fourth-order valence-corrected chi connectivity index (χ4v) is 3.03. The van der Waals surface area contributed by atoms with Crippen LogP contribution in [0.1, 0.15) is 23.3 Å². The lowest BCUT2D eigenvalue weighted by atomic mass is 10.2. The summed E-state index contributed by atoms with van der Waals surface area (Å²) in [4.78, 5) is 17.2. The summed E-state index contributed by atoms with van der Waals surface area (Å²) < 4.78 is 5.58. The Morgan fingerprint density at radius 1 is 1.23 bits per heavy atom. The maximum atomic E-state index is 11.7. The van der Waals surface area contributed by atoms with Crippen molar-refractivity contribution < 1.29 is 9.53 Å². The Bertz CT molecular complexity index is 742. The van der Waals surface area contributed by atoms with Gasteiger partial charge in [0.05, 0.1) is 6.54 Å². The van der Waals surface area contributed by atoms with Crippen LogP contribution in [0.4, 0.5) is 0 Å². The maximum Gasteiger partial charge on any atom is 0.258 e. The lowest BCUT2D eigenvalue weighted by Gasteiger charge is -2.12. The first kappa shape index (κ1) is 18.3. The number of rotatable bonds is 8. The minimum absolute atomic E-state index is 0.0530. The van der Waals surface area contributed by atoms with Crippen LogP contribution in [0, 0.1) is 0 Å². The van der Waals surface area contributed by atoms with Gasteiger partial charge in [0.25, 0.3) is 5.91 Å². The number of hydrogen-bond donors (Lipinski definition) is 3. The predicted molar refractivity (Wildman–Crippen MR) is 104 cm³/mol. The smallest absolute Gasteiger partial charge is 0.258 e. The summed E-state index contributed by atoms with van der Waals surface area (Å²) in [6, 6.07) is 12.2. The summed E-state index contributed by atoms with van der Waals surface area (Å²) in [6.45, 7) is 1.42. The average Bonchev–Trinajstić information content (AvgIpc) is 3.31. The highest BCUT2D eigenvalue weighted by Gasteiger charge is 2.23. The first-order valence-electron chi connectivity index (χ1n) is 8.71. The summed E-state index contributed by atoms with van der Waals surface area (Å²) >= 11 is 1.71. The Balaban J connectivity index is 1.43. The monoisotopic (exact) mass is 372 g/mol. The molecule has 0 bridgehead atoms. The van der Waals surface area contributed by atoms with E-state index in [9.17, 15) is 4.79 Å². The van der Waals surface area contributed by atoms with Crippen LogP contribution in [0.15, 0.2) is 46.8 Å². The van der Waals surface area contributed by atoms with Crippen molar-refractivity contribution in [1.82, 2.24) is 16.0 Å². The van der Waals surface area contributed by atoms with Crippen molar-refractivity contribution in [3.63, 3.8) is 0 Å². The van der Waals surface area contributed by atoms with Gasteiger partial charge in [-0.25, -0.2) is 0 Å². The second kappa shape index (κ2) is 9.24. The number of ether oxygens (including phenoxy) is 1. The predicted octanol–water partition coefficient (Wildman–Crippen LogP) is 2.27. The molecule has 7 heteroatoms. The van der Waals surface area contributed by atoms with E-state index in [1.807, 2.05) is 30.3 Å². The Morgan fingerprint density at radius 2 is 2.08 bits per heavy atom. The Morgan fingerprint density at radius 3 is 2.81 bits per heavy atom. The van der Waals surface area contributed by atoms with Crippen LogP contribution < -0.4 is 20.7 Å². The third-order valence-electron chi connectivity index (χ3n) is 3.90. The molecule has 0 atom stereocenters. The molecule has 3 rings (SSSR count). The van der Waals surface area contributed by atoms with Crippen LogP contribution in [-0.2, 0) is 17.9 Å². The fourth-order valence-electron chi connectivity index (χ4n) is 2.38. The highest BCUT2D eigenvalue weighted by Crippen LogP contribution is 2.18. The number of benzene rings is 1. The van der Waals surface area contributed by atoms with Gasteiger partial charge in [0.1, 0.15) is 5.75 Å². The molecule has 3 N–H and O–H groups in total. The molecule has 2 aromatic rings. The van der Waals surface area contributed by atoms with Crippen LogP contribution in [0.25, 0.3) is 0 Å². The quantitative estimate of drug-likeness (QED) is 0.491. The summed E-state index contributed by atoms with van der Waals surface area (Å²) in [6.07, 6.45) is 2.16. The van der Waals surface area contributed by atoms with E-state index < -0.39 is 0 Å². The molecule has 138 valence electrons. The molecule has 0 unspecified atom stereocenters. The molecule has 0 spiro atoms. The molecule has 1 amide bonds. The number of nitrogens with zero attached hydrogens (tertiary/aromatic N) is 1. The minimum Gasteiger partial charge on any atom is -0.484 e. The van der Waals surface area contributed by atoms with Crippen LogP contribution in [0.3, 0.4) is 0 Å². The van der Waals surface area contributed by atoms with Gasteiger partial charge >= 0.3 is 0 Å². The Labute approximate surface area is 157 Å². The second-order valence-corrected chi connectivity index (χ2v) is 7.17. The zero-order valence-corrected chi connectivity index (χ0v) is 15.6. The van der Waals surface area contributed by atoms with Gasteiger partial charge in [-0.1, -0.05) is 18.2 Å². The highest BCUT2D eigenvalue weighted by molar-refractivity contribution is 7.09. The number of nitrogens with one attached hydrogen (secondary N) is 3. The molecule has 1 heterocycles. The Hall–Kier alpha value is -2.54. The molecular weight excluding hydrogens is 348 g/mol. The van der Waals surface area contributed by atoms with Crippen molar-refractivity contribution in [1.29, 1.82) is 0 Å². The zero-order valence-electron chi connectivity index (χ0n) is 14.8. The van der Waals surface area contributed by atoms with Crippen molar-refractivity contribution in [3.8, 4) is 5.75 Å². The van der Waals surface area contributed by atoms with Crippen LogP contribution in [-0.4, -0.2) is 31.6 Å². The molecule has 0 radical (unpaired) electrons. The van der Waals surface area contributed by atoms with E-state index in [0.29, 0.717) is 18.3 Å². The van der Waals surface area contributed by atoms with Crippen LogP contribution in [0.2, 0.25) is 0 Å². The molecule has 1 aromatic heterocycles. The van der Waals surface area contributed by atoms with E-state index in [1.54, 1.807) is 18.4 Å². The second-order valence-electron chi connectivity index (χ2n) is 6.14. The lowest BCUT2D eigenvalue weighted by Crippen LogP contribution is -2.36. The van der Waals surface area contributed by atoms with Crippen LogP contribution in [0.5, 0.6) is 5.75 Å². The average molecular weight is 372 g/mol. The van der Waals surface area contributed by atoms with Gasteiger partial charge in [0.2, 0.25) is 0 Å².